The SMILES string of the molecule is CS(=O)(=O)CCNCc1ccc(N2C=Cc3cncc(Nc4ccc(S(=O)(=O)c5ccccc5)cc4)c3C2)o1. The number of rotatable bonds is 10. The van der Waals surface area contributed by atoms with Gasteiger partial charge in [0, 0.05) is 48.1 Å². The van der Waals surface area contributed by atoms with Crippen molar-refractivity contribution in [2.75, 3.05) is 28.8 Å². The third kappa shape index (κ3) is 6.39. The van der Waals surface area contributed by atoms with Crippen molar-refractivity contribution < 1.29 is 21.3 Å². The van der Waals surface area contributed by atoms with Crippen molar-refractivity contribution in [3.8, 4) is 0 Å². The number of benzene rings is 2. The molecule has 0 aliphatic carbocycles. The molecule has 0 saturated carbocycles. The smallest absolute Gasteiger partial charge is 0.206 e. The second-order valence-corrected chi connectivity index (χ2v) is 13.4. The quantitative estimate of drug-likeness (QED) is 0.270. The van der Waals surface area contributed by atoms with Crippen LogP contribution in [0.1, 0.15) is 16.9 Å². The van der Waals surface area contributed by atoms with Crippen molar-refractivity contribution in [1.29, 1.82) is 0 Å². The van der Waals surface area contributed by atoms with E-state index in [-0.39, 0.29) is 15.5 Å². The normalized spacial score (nSPS) is 13.3. The molecule has 3 heterocycles. The molecular formula is C28H28N4O5S2. The van der Waals surface area contributed by atoms with Gasteiger partial charge in [0.2, 0.25) is 9.84 Å². The molecule has 202 valence electrons. The fourth-order valence-corrected chi connectivity index (χ4v) is 5.97. The highest BCUT2D eigenvalue weighted by Gasteiger charge is 2.20. The Morgan fingerprint density at radius 2 is 1.67 bits per heavy atom. The van der Waals surface area contributed by atoms with E-state index in [2.05, 4.69) is 15.6 Å². The maximum atomic E-state index is 12.9. The van der Waals surface area contributed by atoms with Crippen molar-refractivity contribution >= 4 is 43.0 Å². The third-order valence-electron chi connectivity index (χ3n) is 6.23. The van der Waals surface area contributed by atoms with Gasteiger partial charge in [-0.3, -0.25) is 4.98 Å². The monoisotopic (exact) mass is 564 g/mol. The molecule has 0 fully saturated rings. The van der Waals surface area contributed by atoms with E-state index in [4.69, 9.17) is 4.42 Å². The Hall–Kier alpha value is -3.93. The first-order valence-corrected chi connectivity index (χ1v) is 15.8. The van der Waals surface area contributed by atoms with E-state index in [0.29, 0.717) is 31.3 Å². The molecule has 5 rings (SSSR count). The lowest BCUT2D eigenvalue weighted by atomic mass is 10.0. The van der Waals surface area contributed by atoms with Gasteiger partial charge in [-0.2, -0.15) is 0 Å². The van der Waals surface area contributed by atoms with Crippen molar-refractivity contribution in [3.05, 3.63) is 102 Å². The number of sulfone groups is 2. The highest BCUT2D eigenvalue weighted by atomic mass is 32.2. The average Bonchev–Trinajstić information content (AvgIpc) is 3.40. The second kappa shape index (κ2) is 11.0. The van der Waals surface area contributed by atoms with E-state index in [0.717, 1.165) is 22.5 Å². The summed E-state index contributed by atoms with van der Waals surface area (Å²) in [5.41, 5.74) is 3.51. The Kier molecular flexibility index (Phi) is 7.56. The molecule has 39 heavy (non-hydrogen) atoms. The number of pyridine rings is 1. The van der Waals surface area contributed by atoms with Crippen LogP contribution in [0.5, 0.6) is 0 Å². The topological polar surface area (TPSA) is 122 Å². The summed E-state index contributed by atoms with van der Waals surface area (Å²) in [5.74, 6) is 1.44. The summed E-state index contributed by atoms with van der Waals surface area (Å²) in [7, 11) is -6.61. The summed E-state index contributed by atoms with van der Waals surface area (Å²) in [5, 5.41) is 6.45. The Morgan fingerprint density at radius 3 is 2.41 bits per heavy atom. The number of fused-ring (bicyclic) bond motifs is 1. The van der Waals surface area contributed by atoms with Crippen LogP contribution in [-0.4, -0.2) is 40.4 Å². The number of nitrogens with one attached hydrogen (secondary N) is 2. The number of hydrogen-bond donors (Lipinski definition) is 2. The lowest BCUT2D eigenvalue weighted by molar-refractivity contribution is 0.486. The van der Waals surface area contributed by atoms with E-state index >= 15 is 0 Å². The first-order chi connectivity index (χ1) is 18.7. The molecular weight excluding hydrogens is 536 g/mol. The van der Waals surface area contributed by atoms with Gasteiger partial charge in [-0.15, -0.1) is 0 Å². The lowest BCUT2D eigenvalue weighted by Gasteiger charge is -2.25. The first kappa shape index (κ1) is 26.7. The summed E-state index contributed by atoms with van der Waals surface area (Å²) >= 11 is 0. The van der Waals surface area contributed by atoms with Crippen LogP contribution in [0.2, 0.25) is 0 Å². The van der Waals surface area contributed by atoms with Gasteiger partial charge in [0.1, 0.15) is 15.6 Å². The fourth-order valence-electron chi connectivity index (χ4n) is 4.17. The molecule has 0 spiro atoms. The van der Waals surface area contributed by atoms with Crippen LogP contribution in [0, 0.1) is 0 Å². The highest BCUT2D eigenvalue weighted by molar-refractivity contribution is 7.91. The van der Waals surface area contributed by atoms with E-state index < -0.39 is 19.7 Å². The van der Waals surface area contributed by atoms with Crippen LogP contribution in [0.15, 0.2) is 99.5 Å². The van der Waals surface area contributed by atoms with Crippen LogP contribution in [-0.2, 0) is 32.8 Å². The largest absolute Gasteiger partial charge is 0.444 e. The molecule has 9 nitrogen and oxygen atoms in total. The van der Waals surface area contributed by atoms with E-state index in [1.54, 1.807) is 67.0 Å². The molecule has 0 amide bonds. The third-order valence-corrected chi connectivity index (χ3v) is 8.96. The van der Waals surface area contributed by atoms with Crippen LogP contribution in [0.25, 0.3) is 6.08 Å². The molecule has 2 aromatic carbocycles. The van der Waals surface area contributed by atoms with Crippen LogP contribution < -0.4 is 15.5 Å². The molecule has 0 bridgehead atoms. The highest BCUT2D eigenvalue weighted by Crippen LogP contribution is 2.32. The van der Waals surface area contributed by atoms with Gasteiger partial charge in [-0.05, 0) is 48.5 Å². The van der Waals surface area contributed by atoms with Crippen LogP contribution >= 0.6 is 0 Å². The average molecular weight is 565 g/mol. The first-order valence-electron chi connectivity index (χ1n) is 12.3. The van der Waals surface area contributed by atoms with Crippen molar-refractivity contribution in [2.24, 2.45) is 0 Å². The van der Waals surface area contributed by atoms with E-state index in [1.165, 1.54) is 6.26 Å². The summed E-state index contributed by atoms with van der Waals surface area (Å²) < 4.78 is 54.4. The zero-order chi connectivity index (χ0) is 27.5. The van der Waals surface area contributed by atoms with Gasteiger partial charge in [0.05, 0.1) is 40.5 Å². The summed E-state index contributed by atoms with van der Waals surface area (Å²) in [4.78, 5) is 6.80. The van der Waals surface area contributed by atoms with E-state index in [1.807, 2.05) is 29.3 Å². The molecule has 0 radical (unpaired) electrons. The van der Waals surface area contributed by atoms with Crippen molar-refractivity contribution in [2.45, 2.75) is 22.9 Å². The number of anilines is 3. The van der Waals surface area contributed by atoms with Crippen molar-refractivity contribution in [3.63, 3.8) is 0 Å². The Balaban J connectivity index is 1.27. The molecule has 0 saturated heterocycles. The fraction of sp³-hybridized carbons (Fsp3) is 0.179. The summed E-state index contributed by atoms with van der Waals surface area (Å²) in [6, 6.07) is 18.8. The molecule has 11 heteroatoms. The standard InChI is InChI=1S/C28H28N4O5S2/c1-38(33,34)16-14-29-18-23-9-12-28(37-23)32-15-13-21-17-30-19-27(26(21)20-32)31-22-7-10-25(11-8-22)39(35,36)24-5-3-2-4-6-24/h2-13,15,17,19,29,31H,14,16,18,20H2,1H3. The number of aromatic nitrogens is 1. The molecule has 1 aliphatic heterocycles. The molecule has 1 aliphatic rings. The summed E-state index contributed by atoms with van der Waals surface area (Å²) in [6.45, 7) is 1.31. The van der Waals surface area contributed by atoms with Crippen LogP contribution in [0.4, 0.5) is 17.3 Å². The second-order valence-electron chi connectivity index (χ2n) is 9.21. The van der Waals surface area contributed by atoms with Gasteiger partial charge in [-0.1, -0.05) is 18.2 Å². The minimum Gasteiger partial charge on any atom is -0.444 e. The molecule has 4 aromatic rings. The minimum atomic E-state index is -3.59. The zero-order valence-electron chi connectivity index (χ0n) is 21.2. The Labute approximate surface area is 228 Å². The summed E-state index contributed by atoms with van der Waals surface area (Å²) in [6.07, 6.45) is 8.63. The molecule has 0 atom stereocenters. The predicted molar refractivity (Wildman–Crippen MR) is 151 cm³/mol. The maximum Gasteiger partial charge on any atom is 0.206 e. The number of hydrogen-bond acceptors (Lipinski definition) is 9. The molecule has 2 N–H and O–H groups in total. The number of nitrogens with zero attached hydrogens (tertiary/aromatic N) is 2. The Morgan fingerprint density at radius 1 is 0.923 bits per heavy atom. The minimum absolute atomic E-state index is 0.0710. The van der Waals surface area contributed by atoms with Gasteiger partial charge < -0.3 is 20.0 Å². The Bertz CT molecular complexity index is 1700. The van der Waals surface area contributed by atoms with Gasteiger partial charge >= 0.3 is 0 Å². The zero-order valence-corrected chi connectivity index (χ0v) is 22.9. The molecule has 0 unspecified atom stereocenters. The van der Waals surface area contributed by atoms with Gasteiger partial charge in [0.15, 0.2) is 5.88 Å². The van der Waals surface area contributed by atoms with E-state index in [9.17, 15) is 16.8 Å². The number of furan rings is 1. The lowest BCUT2D eigenvalue weighted by Crippen LogP contribution is -2.22. The maximum absolute atomic E-state index is 12.9. The van der Waals surface area contributed by atoms with Crippen LogP contribution in [0.3, 0.4) is 0 Å². The molecule has 2 aromatic heterocycles. The van der Waals surface area contributed by atoms with Gasteiger partial charge in [-0.25, -0.2) is 16.8 Å². The predicted octanol–water partition coefficient (Wildman–Crippen LogP) is 4.38. The van der Waals surface area contributed by atoms with Crippen molar-refractivity contribution in [1.82, 2.24) is 10.3 Å². The van der Waals surface area contributed by atoms with Gasteiger partial charge in [0.25, 0.3) is 0 Å².